The molecule has 104 valence electrons. The summed E-state index contributed by atoms with van der Waals surface area (Å²) in [5, 5.41) is 3.06. The first kappa shape index (κ1) is 14.3. The molecule has 0 spiro atoms. The van der Waals surface area contributed by atoms with Gasteiger partial charge in [0.1, 0.15) is 0 Å². The molecule has 0 aliphatic heterocycles. The summed E-state index contributed by atoms with van der Waals surface area (Å²) in [4.78, 5) is 12.3. The van der Waals surface area contributed by atoms with Crippen LogP contribution in [-0.2, 0) is 0 Å². The van der Waals surface area contributed by atoms with Crippen molar-refractivity contribution in [3.05, 3.63) is 70.3 Å². The largest absolute Gasteiger partial charge is 0.346 e. The highest BCUT2D eigenvalue weighted by Gasteiger charge is 2.13. The second kappa shape index (κ2) is 5.91. The molecule has 0 heterocycles. The number of carbonyl (C=O) groups excluding carboxylic acids is 1. The van der Waals surface area contributed by atoms with Gasteiger partial charge in [0.25, 0.3) is 5.91 Å². The number of benzene rings is 2. The molecule has 2 aromatic rings. The topological polar surface area (TPSA) is 29.1 Å². The Hall–Kier alpha value is -2.09. The highest BCUT2D eigenvalue weighted by Crippen LogP contribution is 2.18. The molecular formula is C18H21NO. The van der Waals surface area contributed by atoms with Crippen molar-refractivity contribution in [3.63, 3.8) is 0 Å². The minimum absolute atomic E-state index is 0.00492. The third-order valence-corrected chi connectivity index (χ3v) is 3.77. The lowest BCUT2D eigenvalue weighted by Gasteiger charge is -2.17. The maximum atomic E-state index is 12.3. The van der Waals surface area contributed by atoms with Gasteiger partial charge in [0, 0.05) is 5.56 Å². The van der Waals surface area contributed by atoms with Crippen LogP contribution in [0.4, 0.5) is 0 Å². The van der Waals surface area contributed by atoms with E-state index in [9.17, 15) is 4.79 Å². The van der Waals surface area contributed by atoms with E-state index >= 15 is 0 Å². The molecule has 0 aliphatic carbocycles. The molecule has 0 radical (unpaired) electrons. The van der Waals surface area contributed by atoms with Crippen LogP contribution in [0.15, 0.2) is 42.5 Å². The fourth-order valence-electron chi connectivity index (χ4n) is 2.31. The first-order valence-electron chi connectivity index (χ1n) is 6.92. The molecular weight excluding hydrogens is 246 g/mol. The molecule has 0 aromatic heterocycles. The molecule has 0 saturated heterocycles. The van der Waals surface area contributed by atoms with Gasteiger partial charge < -0.3 is 5.32 Å². The molecule has 2 rings (SSSR count). The molecule has 2 nitrogen and oxygen atoms in total. The van der Waals surface area contributed by atoms with E-state index in [2.05, 4.69) is 24.4 Å². The summed E-state index contributed by atoms with van der Waals surface area (Å²) in [6, 6.07) is 13.9. The average Bonchev–Trinajstić information content (AvgIpc) is 2.42. The quantitative estimate of drug-likeness (QED) is 0.891. The monoisotopic (exact) mass is 267 g/mol. The summed E-state index contributed by atoms with van der Waals surface area (Å²) in [5.41, 5.74) is 5.41. The summed E-state index contributed by atoms with van der Waals surface area (Å²) in [7, 11) is 0. The Morgan fingerprint density at radius 1 is 0.950 bits per heavy atom. The Balaban J connectivity index is 2.15. The molecule has 0 bridgehead atoms. The van der Waals surface area contributed by atoms with E-state index in [0.29, 0.717) is 5.56 Å². The third kappa shape index (κ3) is 3.08. The predicted molar refractivity (Wildman–Crippen MR) is 83.0 cm³/mol. The number of carbonyl (C=O) groups is 1. The van der Waals surface area contributed by atoms with Crippen LogP contribution in [0, 0.1) is 20.8 Å². The minimum atomic E-state index is -0.0242. The minimum Gasteiger partial charge on any atom is -0.346 e. The van der Waals surface area contributed by atoms with Gasteiger partial charge in [-0.3, -0.25) is 4.79 Å². The SMILES string of the molecule is Cc1ccc(C(=O)N[C@H](C)c2ccccc2C)cc1C. The van der Waals surface area contributed by atoms with Crippen molar-refractivity contribution in [3.8, 4) is 0 Å². The second-order valence-corrected chi connectivity index (χ2v) is 5.35. The number of amides is 1. The van der Waals surface area contributed by atoms with E-state index in [1.54, 1.807) is 0 Å². The Morgan fingerprint density at radius 2 is 1.65 bits per heavy atom. The fraction of sp³-hybridized carbons (Fsp3) is 0.278. The van der Waals surface area contributed by atoms with Gasteiger partial charge in [0.2, 0.25) is 0 Å². The molecule has 0 aliphatic rings. The standard InChI is InChI=1S/C18H21NO/c1-12-9-10-16(11-14(12)3)18(20)19-15(4)17-8-6-5-7-13(17)2/h5-11,15H,1-4H3,(H,19,20)/t15-/m1/s1. The van der Waals surface area contributed by atoms with Crippen LogP contribution in [-0.4, -0.2) is 5.91 Å². The van der Waals surface area contributed by atoms with Crippen molar-refractivity contribution >= 4 is 5.91 Å². The Kier molecular flexibility index (Phi) is 4.23. The van der Waals surface area contributed by atoms with Gasteiger partial charge in [-0.2, -0.15) is 0 Å². The molecule has 1 atom stereocenters. The number of aryl methyl sites for hydroxylation is 3. The summed E-state index contributed by atoms with van der Waals surface area (Å²) in [6.45, 7) is 8.15. The third-order valence-electron chi connectivity index (χ3n) is 3.77. The van der Waals surface area contributed by atoms with Gasteiger partial charge in [-0.1, -0.05) is 30.3 Å². The first-order valence-corrected chi connectivity index (χ1v) is 6.92. The van der Waals surface area contributed by atoms with E-state index < -0.39 is 0 Å². The highest BCUT2D eigenvalue weighted by atomic mass is 16.1. The summed E-state index contributed by atoms with van der Waals surface area (Å²) in [6.07, 6.45) is 0. The average molecular weight is 267 g/mol. The van der Waals surface area contributed by atoms with Gasteiger partial charge in [0.05, 0.1) is 6.04 Å². The predicted octanol–water partition coefficient (Wildman–Crippen LogP) is 4.10. The van der Waals surface area contributed by atoms with Crippen LogP contribution >= 0.6 is 0 Å². The molecule has 1 N–H and O–H groups in total. The number of hydrogen-bond acceptors (Lipinski definition) is 1. The zero-order chi connectivity index (χ0) is 14.7. The fourth-order valence-corrected chi connectivity index (χ4v) is 2.31. The van der Waals surface area contributed by atoms with Crippen molar-refractivity contribution in [2.75, 3.05) is 0 Å². The Labute approximate surface area is 120 Å². The van der Waals surface area contributed by atoms with Gasteiger partial charge in [-0.25, -0.2) is 0 Å². The number of nitrogens with one attached hydrogen (secondary N) is 1. The van der Waals surface area contributed by atoms with Crippen molar-refractivity contribution < 1.29 is 4.79 Å². The maximum Gasteiger partial charge on any atom is 0.251 e. The van der Waals surface area contributed by atoms with Crippen LogP contribution in [0.5, 0.6) is 0 Å². The Morgan fingerprint density at radius 3 is 2.30 bits per heavy atom. The number of hydrogen-bond donors (Lipinski definition) is 1. The van der Waals surface area contributed by atoms with Gasteiger partial charge in [-0.05, 0) is 62.1 Å². The first-order chi connectivity index (χ1) is 9.49. The normalized spacial score (nSPS) is 12.0. The summed E-state index contributed by atoms with van der Waals surface area (Å²) < 4.78 is 0. The molecule has 2 aromatic carbocycles. The zero-order valence-electron chi connectivity index (χ0n) is 12.5. The van der Waals surface area contributed by atoms with E-state index in [1.165, 1.54) is 11.1 Å². The smallest absolute Gasteiger partial charge is 0.251 e. The molecule has 0 unspecified atom stereocenters. The molecule has 0 saturated carbocycles. The van der Waals surface area contributed by atoms with Gasteiger partial charge in [-0.15, -0.1) is 0 Å². The van der Waals surface area contributed by atoms with Crippen LogP contribution in [0.1, 0.15) is 45.6 Å². The molecule has 1 amide bonds. The Bertz CT molecular complexity index is 631. The zero-order valence-corrected chi connectivity index (χ0v) is 12.5. The van der Waals surface area contributed by atoms with Crippen molar-refractivity contribution in [2.45, 2.75) is 33.7 Å². The second-order valence-electron chi connectivity index (χ2n) is 5.35. The van der Waals surface area contributed by atoms with Crippen molar-refractivity contribution in [1.82, 2.24) is 5.32 Å². The van der Waals surface area contributed by atoms with Crippen LogP contribution in [0.25, 0.3) is 0 Å². The van der Waals surface area contributed by atoms with Gasteiger partial charge in [0.15, 0.2) is 0 Å². The maximum absolute atomic E-state index is 12.3. The lowest BCUT2D eigenvalue weighted by atomic mass is 10.0. The number of rotatable bonds is 3. The summed E-state index contributed by atoms with van der Waals surface area (Å²) in [5.74, 6) is -0.0242. The van der Waals surface area contributed by atoms with E-state index in [0.717, 1.165) is 11.1 Å². The lowest BCUT2D eigenvalue weighted by molar-refractivity contribution is 0.0939. The van der Waals surface area contributed by atoms with Crippen LogP contribution in [0.3, 0.4) is 0 Å². The highest BCUT2D eigenvalue weighted by molar-refractivity contribution is 5.94. The van der Waals surface area contributed by atoms with Crippen LogP contribution < -0.4 is 5.32 Å². The van der Waals surface area contributed by atoms with E-state index in [1.807, 2.05) is 51.1 Å². The van der Waals surface area contributed by atoms with Crippen molar-refractivity contribution in [1.29, 1.82) is 0 Å². The van der Waals surface area contributed by atoms with E-state index in [4.69, 9.17) is 0 Å². The van der Waals surface area contributed by atoms with E-state index in [-0.39, 0.29) is 11.9 Å². The molecule has 20 heavy (non-hydrogen) atoms. The molecule has 0 fully saturated rings. The van der Waals surface area contributed by atoms with Crippen molar-refractivity contribution in [2.24, 2.45) is 0 Å². The summed E-state index contributed by atoms with van der Waals surface area (Å²) >= 11 is 0. The molecule has 2 heteroatoms. The van der Waals surface area contributed by atoms with Crippen LogP contribution in [0.2, 0.25) is 0 Å². The van der Waals surface area contributed by atoms with Gasteiger partial charge >= 0.3 is 0 Å². The lowest BCUT2D eigenvalue weighted by Crippen LogP contribution is -2.27.